The second-order valence-corrected chi connectivity index (χ2v) is 6.31. The number of ketones is 1. The number of carbonyl (C=O) groups is 1. The van der Waals surface area contributed by atoms with Gasteiger partial charge in [0.05, 0.1) is 15.6 Å². The van der Waals surface area contributed by atoms with Crippen molar-refractivity contribution in [2.75, 3.05) is 5.73 Å². The van der Waals surface area contributed by atoms with Crippen LogP contribution in [-0.2, 0) is 6.18 Å². The molecule has 1 heterocycles. The van der Waals surface area contributed by atoms with Gasteiger partial charge in [0.2, 0.25) is 0 Å². The van der Waals surface area contributed by atoms with Gasteiger partial charge in [0, 0.05) is 0 Å². The van der Waals surface area contributed by atoms with Crippen LogP contribution in [0.4, 0.5) is 32.2 Å². The van der Waals surface area contributed by atoms with Gasteiger partial charge in [-0.2, -0.15) is 26.3 Å². The molecular weight excluding hydrogens is 445 g/mol. The Hall–Kier alpha value is -2.05. The number of anilines is 1. The molecule has 0 aliphatic rings. The van der Waals surface area contributed by atoms with Crippen LogP contribution in [0.3, 0.4) is 0 Å². The van der Waals surface area contributed by atoms with Gasteiger partial charge < -0.3 is 5.73 Å². The summed E-state index contributed by atoms with van der Waals surface area (Å²) in [5, 5.41) is 1.01. The highest BCUT2D eigenvalue weighted by molar-refractivity contribution is 7.80. The van der Waals surface area contributed by atoms with E-state index in [-0.39, 0.29) is 0 Å². The molecule has 2 aromatic rings. The minimum Gasteiger partial charge on any atom is -0.388 e. The number of halogens is 8. The van der Waals surface area contributed by atoms with Crippen LogP contribution in [-0.4, -0.2) is 22.0 Å². The van der Waals surface area contributed by atoms with E-state index < -0.39 is 61.5 Å². The second-order valence-electron chi connectivity index (χ2n) is 5.06. The zero-order valence-electron chi connectivity index (χ0n) is 12.6. The van der Waals surface area contributed by atoms with Gasteiger partial charge in [0.1, 0.15) is 16.2 Å². The minimum atomic E-state index is -5.32. The third-order valence-electron chi connectivity index (χ3n) is 3.27. The van der Waals surface area contributed by atoms with Crippen molar-refractivity contribution in [3.63, 3.8) is 0 Å². The van der Waals surface area contributed by atoms with E-state index in [0.29, 0.717) is 16.8 Å². The molecule has 27 heavy (non-hydrogen) atoms. The van der Waals surface area contributed by atoms with Gasteiger partial charge in [-0.3, -0.25) is 10.5 Å². The monoisotopic (exact) mass is 451 g/mol. The van der Waals surface area contributed by atoms with Crippen molar-refractivity contribution < 1.29 is 35.8 Å². The normalized spacial score (nSPS) is 12.3. The number of hydrogen-bond acceptors (Lipinski definition) is 3. The molecule has 0 saturated carbocycles. The van der Waals surface area contributed by atoms with E-state index in [4.69, 9.17) is 34.7 Å². The quantitative estimate of drug-likeness (QED) is 0.288. The average Bonchev–Trinajstić information content (AvgIpc) is 2.81. The van der Waals surface area contributed by atoms with Gasteiger partial charge in [0.15, 0.2) is 5.69 Å². The maximum atomic E-state index is 12.8. The average molecular weight is 452 g/mol. The predicted octanol–water partition coefficient (Wildman–Crippen LogP) is 3.58. The number of nitrogen functional groups attached to an aromatic ring is 1. The molecule has 1 aromatic carbocycles. The standard InChI is InChI=1S/C13H6Cl2F6N4OS/c14-4-1-3(12(16,17)18)2-5(15)8(4)25-10(22)6(7(24-25)11(23)27)9(26)13(19,20)21/h1-2H,(H4,22,23,24,26,27)/p+1. The first-order valence-corrected chi connectivity index (χ1v) is 7.74. The zero-order chi connectivity index (χ0) is 20.9. The minimum absolute atomic E-state index is 0.428. The summed E-state index contributed by atoms with van der Waals surface area (Å²) >= 11 is 16.2. The molecule has 0 aliphatic carbocycles. The van der Waals surface area contributed by atoms with Crippen LogP contribution in [0.15, 0.2) is 12.1 Å². The Balaban J connectivity index is 2.79. The highest BCUT2D eigenvalue weighted by Crippen LogP contribution is 2.36. The van der Waals surface area contributed by atoms with Crippen LogP contribution in [0.2, 0.25) is 10.0 Å². The number of H-pyrrole nitrogens is 1. The van der Waals surface area contributed by atoms with E-state index in [1.54, 1.807) is 0 Å². The van der Waals surface area contributed by atoms with Crippen LogP contribution in [0.5, 0.6) is 0 Å². The Bertz CT molecular complexity index is 930. The predicted molar refractivity (Wildman–Crippen MR) is 88.0 cm³/mol. The number of Topliss-reactive ketones (excluding diaryl/α,β-unsaturated/α-hetero) is 1. The van der Waals surface area contributed by atoms with Gasteiger partial charge >= 0.3 is 18.2 Å². The highest BCUT2D eigenvalue weighted by atomic mass is 35.5. The van der Waals surface area contributed by atoms with Gasteiger partial charge in [0.25, 0.3) is 5.78 Å². The Morgan fingerprint density at radius 3 is 1.96 bits per heavy atom. The number of alkyl halides is 6. The Labute approximate surface area is 161 Å². The number of benzene rings is 1. The smallest absolute Gasteiger partial charge is 0.388 e. The molecule has 0 unspecified atom stereocenters. The number of aromatic nitrogens is 2. The van der Waals surface area contributed by atoms with Crippen LogP contribution in [0.1, 0.15) is 21.6 Å². The van der Waals surface area contributed by atoms with Gasteiger partial charge in [-0.15, -0.1) is 4.68 Å². The summed E-state index contributed by atoms with van der Waals surface area (Å²) in [6.07, 6.45) is -10.1. The summed E-state index contributed by atoms with van der Waals surface area (Å²) in [5.41, 5.74) is 7.51. The Morgan fingerprint density at radius 1 is 1.11 bits per heavy atom. The topological polar surface area (TPSA) is 88.8 Å². The molecule has 0 amide bonds. The van der Waals surface area contributed by atoms with Crippen molar-refractivity contribution in [2.45, 2.75) is 12.4 Å². The molecule has 0 aliphatic heterocycles. The van der Waals surface area contributed by atoms with Crippen molar-refractivity contribution in [1.29, 1.82) is 0 Å². The molecule has 146 valence electrons. The summed E-state index contributed by atoms with van der Waals surface area (Å²) in [6.45, 7) is 0. The molecule has 5 nitrogen and oxygen atoms in total. The van der Waals surface area contributed by atoms with Crippen molar-refractivity contribution in [1.82, 2.24) is 5.10 Å². The number of nitrogens with two attached hydrogens (primary N) is 2. The number of carbonyl (C=O) groups excluding carboxylic acids is 1. The lowest BCUT2D eigenvalue weighted by Crippen LogP contribution is -2.37. The molecule has 5 N–H and O–H groups in total. The molecule has 0 spiro atoms. The van der Waals surface area contributed by atoms with Crippen molar-refractivity contribution in [3.05, 3.63) is 39.0 Å². The summed E-state index contributed by atoms with van der Waals surface area (Å²) < 4.78 is 77.5. The zero-order valence-corrected chi connectivity index (χ0v) is 14.9. The lowest BCUT2D eigenvalue weighted by atomic mass is 10.1. The summed E-state index contributed by atoms with van der Waals surface area (Å²) in [5.74, 6) is -3.21. The number of nitrogens with one attached hydrogen (secondary N) is 1. The first-order chi connectivity index (χ1) is 12.2. The molecule has 2 rings (SSSR count). The molecule has 1 aromatic heterocycles. The SMILES string of the molecule is NC(=S)c1[nH][n+](-c2c(Cl)cc(C(F)(F)F)cc2Cl)c(N)c1C(=O)C(F)(F)F. The number of nitrogens with zero attached hydrogens (tertiary/aromatic N) is 1. The summed E-state index contributed by atoms with van der Waals surface area (Å²) in [4.78, 5) is 11.0. The number of rotatable bonds is 3. The molecular formula is C13H7Cl2F6N4OS+. The van der Waals surface area contributed by atoms with Crippen LogP contribution < -0.4 is 16.1 Å². The molecule has 0 bridgehead atoms. The van der Waals surface area contributed by atoms with Crippen LogP contribution >= 0.6 is 35.4 Å². The number of thiocarbonyl (C=S) groups is 1. The molecule has 0 radical (unpaired) electrons. The van der Waals surface area contributed by atoms with Gasteiger partial charge in [-0.25, -0.2) is 5.10 Å². The van der Waals surface area contributed by atoms with E-state index in [0.717, 1.165) is 0 Å². The third-order valence-corrected chi connectivity index (χ3v) is 4.05. The molecule has 0 saturated heterocycles. The first kappa shape index (κ1) is 21.3. The Morgan fingerprint density at radius 2 is 1.59 bits per heavy atom. The van der Waals surface area contributed by atoms with E-state index >= 15 is 0 Å². The first-order valence-electron chi connectivity index (χ1n) is 6.57. The lowest BCUT2D eigenvalue weighted by molar-refractivity contribution is -0.640. The Kier molecular flexibility index (Phi) is 5.38. The maximum Gasteiger partial charge on any atom is 0.455 e. The number of hydrogen-bond donors (Lipinski definition) is 3. The van der Waals surface area contributed by atoms with Crippen molar-refractivity contribution in [3.8, 4) is 5.69 Å². The summed E-state index contributed by atoms with van der Waals surface area (Å²) in [6, 6.07) is 0.976. The van der Waals surface area contributed by atoms with Crippen LogP contribution in [0, 0.1) is 0 Å². The van der Waals surface area contributed by atoms with Crippen LogP contribution in [0.25, 0.3) is 5.69 Å². The molecule has 14 heteroatoms. The van der Waals surface area contributed by atoms with Crippen molar-refractivity contribution >= 4 is 52.0 Å². The van der Waals surface area contributed by atoms with Gasteiger partial charge in [-0.05, 0) is 12.1 Å². The van der Waals surface area contributed by atoms with Gasteiger partial charge in [-0.1, -0.05) is 35.4 Å². The van der Waals surface area contributed by atoms with E-state index in [2.05, 4.69) is 17.3 Å². The van der Waals surface area contributed by atoms with E-state index in [1.165, 1.54) is 0 Å². The molecule has 0 fully saturated rings. The lowest BCUT2D eigenvalue weighted by Gasteiger charge is -2.10. The molecule has 0 atom stereocenters. The summed E-state index contributed by atoms with van der Waals surface area (Å²) in [7, 11) is 0. The highest BCUT2D eigenvalue weighted by Gasteiger charge is 2.46. The second kappa shape index (κ2) is 6.84. The fraction of sp³-hybridized carbons (Fsp3) is 0.154. The van der Waals surface area contributed by atoms with E-state index in [9.17, 15) is 31.1 Å². The fourth-order valence-corrected chi connectivity index (χ4v) is 2.94. The maximum absolute atomic E-state index is 12.8. The third kappa shape index (κ3) is 3.96. The number of aromatic amines is 1. The van der Waals surface area contributed by atoms with Crippen molar-refractivity contribution in [2.24, 2.45) is 5.73 Å². The largest absolute Gasteiger partial charge is 0.455 e. The van der Waals surface area contributed by atoms with E-state index in [1.807, 2.05) is 0 Å². The fourth-order valence-electron chi connectivity index (χ4n) is 2.14.